The Labute approximate surface area is 122 Å². The Morgan fingerprint density at radius 3 is 1.89 bits per heavy atom. The van der Waals surface area contributed by atoms with Crippen molar-refractivity contribution in [3.63, 3.8) is 0 Å². The van der Waals surface area contributed by atoms with E-state index in [9.17, 15) is 0 Å². The Bertz CT molecular complexity index is 219. The van der Waals surface area contributed by atoms with Crippen LogP contribution in [-0.2, 0) is 4.43 Å². The molecule has 0 aliphatic carbocycles. The van der Waals surface area contributed by atoms with E-state index < -0.39 is 9.20 Å². The molecular formula is C15H36N2OSi. The lowest BCUT2D eigenvalue weighted by atomic mass is 9.96. The summed E-state index contributed by atoms with van der Waals surface area (Å²) in [4.78, 5) is 6.21. The van der Waals surface area contributed by atoms with Gasteiger partial charge >= 0.3 is 0 Å². The van der Waals surface area contributed by atoms with E-state index in [1.54, 1.807) is 0 Å². The molecule has 1 atom stereocenters. The topological polar surface area (TPSA) is 24.5 Å². The monoisotopic (exact) mass is 288 g/mol. The predicted molar refractivity (Wildman–Crippen MR) is 88.1 cm³/mol. The van der Waals surface area contributed by atoms with Crippen LogP contribution < -0.4 is 4.98 Å². The summed E-state index contributed by atoms with van der Waals surface area (Å²) in [5.41, 5.74) is 0.405. The lowest BCUT2D eigenvalue weighted by molar-refractivity contribution is 0.0435. The van der Waals surface area contributed by atoms with Crippen molar-refractivity contribution in [2.24, 2.45) is 0 Å². The summed E-state index contributed by atoms with van der Waals surface area (Å²) in [5.74, 6) is 0. The molecule has 0 heterocycles. The summed E-state index contributed by atoms with van der Waals surface area (Å²) in [6.07, 6.45) is 1.18. The average molecular weight is 289 g/mol. The second-order valence-corrected chi connectivity index (χ2v) is 9.48. The molecule has 0 rings (SSSR count). The van der Waals surface area contributed by atoms with E-state index in [0.717, 1.165) is 19.7 Å². The molecule has 0 amide bonds. The van der Waals surface area contributed by atoms with Crippen LogP contribution in [0.2, 0.25) is 6.04 Å². The first-order valence-electron chi connectivity index (χ1n) is 7.75. The van der Waals surface area contributed by atoms with Gasteiger partial charge in [-0.3, -0.25) is 4.90 Å². The summed E-state index contributed by atoms with van der Waals surface area (Å²) < 4.78 is 5.92. The zero-order chi connectivity index (χ0) is 15.1. The summed E-state index contributed by atoms with van der Waals surface area (Å²) >= 11 is 0. The molecule has 3 nitrogen and oxygen atoms in total. The van der Waals surface area contributed by atoms with Crippen molar-refractivity contribution in [3.05, 3.63) is 0 Å². The van der Waals surface area contributed by atoms with Crippen LogP contribution in [-0.4, -0.2) is 44.9 Å². The first kappa shape index (κ1) is 19.1. The van der Waals surface area contributed by atoms with Gasteiger partial charge in [-0.05, 0) is 74.0 Å². The first-order valence-corrected chi connectivity index (χ1v) is 9.62. The van der Waals surface area contributed by atoms with Gasteiger partial charge in [0.05, 0.1) is 0 Å². The van der Waals surface area contributed by atoms with Crippen LogP contribution in [0.4, 0.5) is 0 Å². The Morgan fingerprint density at radius 1 is 1.00 bits per heavy atom. The molecule has 0 fully saturated rings. The fraction of sp³-hybridized carbons (Fsp3) is 1.00. The molecule has 0 radical (unpaired) electrons. The van der Waals surface area contributed by atoms with Gasteiger partial charge in [0.1, 0.15) is 0 Å². The van der Waals surface area contributed by atoms with Crippen LogP contribution in [0.25, 0.3) is 0 Å². The molecule has 0 bridgehead atoms. The maximum atomic E-state index is 5.92. The number of nitrogens with zero attached hydrogens (tertiary/aromatic N) is 1. The molecule has 0 spiro atoms. The molecule has 0 saturated heterocycles. The first-order chi connectivity index (χ1) is 8.62. The molecule has 4 heteroatoms. The fourth-order valence-corrected chi connectivity index (χ4v) is 4.67. The molecule has 19 heavy (non-hydrogen) atoms. The lowest BCUT2D eigenvalue weighted by Gasteiger charge is -2.45. The van der Waals surface area contributed by atoms with Gasteiger partial charge in [-0.15, -0.1) is 0 Å². The molecule has 1 unspecified atom stereocenters. The Kier molecular flexibility index (Phi) is 8.44. The highest BCUT2D eigenvalue weighted by Gasteiger charge is 2.31. The molecule has 0 aromatic rings. The van der Waals surface area contributed by atoms with Crippen LogP contribution in [0.15, 0.2) is 0 Å². The van der Waals surface area contributed by atoms with Crippen molar-refractivity contribution in [1.29, 1.82) is 0 Å². The van der Waals surface area contributed by atoms with Crippen molar-refractivity contribution < 1.29 is 4.43 Å². The standard InChI is InChI=1S/C15H36N2OSi/c1-9-11-16-19(18-10-2)13-12-17(14(3,4)5)15(6,7)8/h16,19H,9-13H2,1-8H3. The van der Waals surface area contributed by atoms with Gasteiger partial charge in [0, 0.05) is 17.7 Å². The third-order valence-corrected chi connectivity index (χ3v) is 5.49. The number of rotatable bonds is 8. The van der Waals surface area contributed by atoms with E-state index in [4.69, 9.17) is 4.43 Å². The zero-order valence-electron chi connectivity index (χ0n) is 14.5. The van der Waals surface area contributed by atoms with Gasteiger partial charge in [0.15, 0.2) is 0 Å². The highest BCUT2D eigenvalue weighted by atomic mass is 28.3. The second-order valence-electron chi connectivity index (χ2n) is 7.18. The minimum Gasteiger partial charge on any atom is -0.406 e. The van der Waals surface area contributed by atoms with Crippen LogP contribution in [0.1, 0.15) is 61.8 Å². The summed E-state index contributed by atoms with van der Waals surface area (Å²) in [7, 11) is -1.24. The van der Waals surface area contributed by atoms with Gasteiger partial charge in [-0.25, -0.2) is 0 Å². The van der Waals surface area contributed by atoms with E-state index in [-0.39, 0.29) is 11.1 Å². The Hall–Kier alpha value is 0.0969. The lowest BCUT2D eigenvalue weighted by Crippen LogP contribution is -2.54. The minimum absolute atomic E-state index is 0.203. The third-order valence-electron chi connectivity index (χ3n) is 3.22. The maximum absolute atomic E-state index is 5.92. The van der Waals surface area contributed by atoms with E-state index >= 15 is 0 Å². The predicted octanol–water partition coefficient (Wildman–Crippen LogP) is 3.14. The van der Waals surface area contributed by atoms with Gasteiger partial charge < -0.3 is 9.41 Å². The van der Waals surface area contributed by atoms with Crippen LogP contribution in [0, 0.1) is 0 Å². The minimum atomic E-state index is -1.24. The normalized spacial score (nSPS) is 15.0. The summed E-state index contributed by atoms with van der Waals surface area (Å²) in [6, 6.07) is 1.17. The van der Waals surface area contributed by atoms with E-state index in [1.165, 1.54) is 12.5 Å². The molecule has 1 N–H and O–H groups in total. The molecule has 0 aromatic heterocycles. The number of nitrogens with one attached hydrogen (secondary N) is 1. The Morgan fingerprint density at radius 2 is 1.53 bits per heavy atom. The van der Waals surface area contributed by atoms with Gasteiger partial charge in [0.2, 0.25) is 0 Å². The van der Waals surface area contributed by atoms with Crippen LogP contribution in [0.3, 0.4) is 0 Å². The second kappa shape index (κ2) is 8.40. The third kappa shape index (κ3) is 8.08. The molecule has 0 aliphatic heterocycles. The fourth-order valence-electron chi connectivity index (χ4n) is 2.67. The smallest absolute Gasteiger partial charge is 0.253 e. The zero-order valence-corrected chi connectivity index (χ0v) is 15.6. The van der Waals surface area contributed by atoms with Crippen LogP contribution in [0.5, 0.6) is 0 Å². The van der Waals surface area contributed by atoms with E-state index in [2.05, 4.69) is 65.3 Å². The van der Waals surface area contributed by atoms with Crippen molar-refractivity contribution in [3.8, 4) is 0 Å². The molecule has 116 valence electrons. The summed E-state index contributed by atoms with van der Waals surface area (Å²) in [6.45, 7) is 21.1. The highest BCUT2D eigenvalue weighted by molar-refractivity contribution is 6.48. The van der Waals surface area contributed by atoms with Gasteiger partial charge in [-0.1, -0.05) is 6.92 Å². The van der Waals surface area contributed by atoms with Crippen molar-refractivity contribution >= 4 is 9.20 Å². The number of hydrogen-bond acceptors (Lipinski definition) is 3. The quantitative estimate of drug-likeness (QED) is 0.695. The van der Waals surface area contributed by atoms with E-state index in [0.29, 0.717) is 0 Å². The largest absolute Gasteiger partial charge is 0.406 e. The van der Waals surface area contributed by atoms with Gasteiger partial charge in [-0.2, -0.15) is 0 Å². The summed E-state index contributed by atoms with van der Waals surface area (Å²) in [5, 5.41) is 0. The molecule has 0 aromatic carbocycles. The van der Waals surface area contributed by atoms with E-state index in [1.807, 2.05) is 0 Å². The molecular weight excluding hydrogens is 252 g/mol. The van der Waals surface area contributed by atoms with Crippen molar-refractivity contribution in [2.75, 3.05) is 19.7 Å². The SMILES string of the molecule is CCCN[SiH](CCN(C(C)(C)C)C(C)(C)C)OCC. The maximum Gasteiger partial charge on any atom is 0.253 e. The van der Waals surface area contributed by atoms with Crippen molar-refractivity contribution in [1.82, 2.24) is 9.88 Å². The molecule has 0 saturated carbocycles. The van der Waals surface area contributed by atoms with Crippen LogP contribution >= 0.6 is 0 Å². The van der Waals surface area contributed by atoms with Crippen molar-refractivity contribution in [2.45, 2.75) is 78.9 Å². The number of hydrogen-bond donors (Lipinski definition) is 1. The molecule has 0 aliphatic rings. The average Bonchev–Trinajstić information content (AvgIpc) is 2.22. The highest BCUT2D eigenvalue weighted by Crippen LogP contribution is 2.25. The van der Waals surface area contributed by atoms with Gasteiger partial charge in [0.25, 0.3) is 9.20 Å². The Balaban J connectivity index is 4.50.